The highest BCUT2D eigenvalue weighted by atomic mass is 79.9. The van der Waals surface area contributed by atoms with Crippen LogP contribution in [0.15, 0.2) is 55.7 Å². The van der Waals surface area contributed by atoms with Gasteiger partial charge in [0.2, 0.25) is 5.91 Å². The van der Waals surface area contributed by atoms with Gasteiger partial charge in [-0.3, -0.25) is 4.79 Å². The Morgan fingerprint density at radius 2 is 2.12 bits per heavy atom. The van der Waals surface area contributed by atoms with Crippen molar-refractivity contribution < 1.29 is 14.3 Å². The van der Waals surface area contributed by atoms with Gasteiger partial charge in [-0.15, -0.1) is 0 Å². The molecule has 5 rings (SSSR count). The molecule has 172 valence electrons. The summed E-state index contributed by atoms with van der Waals surface area (Å²) in [5.41, 5.74) is 8.64. The molecule has 10 heteroatoms. The van der Waals surface area contributed by atoms with Crippen LogP contribution in [0, 0.1) is 5.92 Å². The topological polar surface area (TPSA) is 110 Å². The van der Waals surface area contributed by atoms with Crippen LogP contribution in [0.1, 0.15) is 19.3 Å². The summed E-state index contributed by atoms with van der Waals surface area (Å²) in [6, 6.07) is 7.96. The molecule has 4 aromatic rings. The van der Waals surface area contributed by atoms with Crippen molar-refractivity contribution in [3.05, 3.63) is 41.2 Å². The Morgan fingerprint density at radius 3 is 2.91 bits per heavy atom. The number of imidazole rings is 1. The van der Waals surface area contributed by atoms with Crippen LogP contribution in [0.5, 0.6) is 0 Å². The second-order valence-electron chi connectivity index (χ2n) is 8.22. The summed E-state index contributed by atoms with van der Waals surface area (Å²) >= 11 is 5.25. The lowest BCUT2D eigenvalue weighted by molar-refractivity contribution is -0.135. The smallest absolute Gasteiger partial charge is 0.248 e. The van der Waals surface area contributed by atoms with Crippen molar-refractivity contribution in [2.75, 3.05) is 25.4 Å². The summed E-state index contributed by atoms with van der Waals surface area (Å²) in [5.74, 6) is 0.743. The van der Waals surface area contributed by atoms with E-state index in [4.69, 9.17) is 20.2 Å². The Balaban J connectivity index is 1.39. The molecule has 4 heterocycles. The number of halogens is 1. The summed E-state index contributed by atoms with van der Waals surface area (Å²) in [6.07, 6.45) is 6.25. The number of nitrogen functional groups attached to an aromatic ring is 1. The molecule has 0 aliphatic carbocycles. The molecule has 33 heavy (non-hydrogen) atoms. The van der Waals surface area contributed by atoms with Gasteiger partial charge in [-0.05, 0) is 65.4 Å². The molecule has 0 bridgehead atoms. The van der Waals surface area contributed by atoms with Crippen molar-refractivity contribution >= 4 is 61.4 Å². The van der Waals surface area contributed by atoms with Crippen molar-refractivity contribution in [1.82, 2.24) is 19.4 Å². The van der Waals surface area contributed by atoms with E-state index < -0.39 is 6.61 Å². The number of carbonyl (C=O) groups is 1. The number of likely N-dealkylation sites (tertiary alicyclic amines) is 1. The molecule has 0 saturated carbocycles. The Kier molecular flexibility index (Phi) is 6.31. The summed E-state index contributed by atoms with van der Waals surface area (Å²) in [5, 5.41) is 11.0. The number of rotatable bonds is 6. The van der Waals surface area contributed by atoms with Gasteiger partial charge >= 0.3 is 0 Å². The number of aryl methyl sites for hydroxylation is 1. The van der Waals surface area contributed by atoms with Crippen molar-refractivity contribution in [1.29, 1.82) is 0 Å². The number of aliphatic hydroxyl groups is 1. The molecule has 1 aromatic carbocycles. The fraction of sp³-hybridized carbons (Fsp3) is 0.348. The van der Waals surface area contributed by atoms with Crippen molar-refractivity contribution in [2.24, 2.45) is 5.92 Å². The molecule has 3 aromatic heterocycles. The predicted octanol–water partition coefficient (Wildman–Crippen LogP) is 4.29. The van der Waals surface area contributed by atoms with E-state index in [1.54, 1.807) is 29.1 Å². The van der Waals surface area contributed by atoms with Crippen LogP contribution in [-0.2, 0) is 11.3 Å². The SMILES string of the molecule is Nc1nccc2c1nc(Sc1cc3occc3cc1Br)n2CCC1CCN(C(=O)CO)CC1. The van der Waals surface area contributed by atoms with E-state index in [0.717, 1.165) is 56.8 Å². The average molecular weight is 530 g/mol. The largest absolute Gasteiger partial charge is 0.464 e. The quantitative estimate of drug-likeness (QED) is 0.383. The van der Waals surface area contributed by atoms with E-state index >= 15 is 0 Å². The molecule has 0 atom stereocenters. The van der Waals surface area contributed by atoms with E-state index in [-0.39, 0.29) is 5.91 Å². The first-order valence-corrected chi connectivity index (χ1v) is 12.5. The number of aromatic nitrogens is 3. The lowest BCUT2D eigenvalue weighted by Gasteiger charge is -2.31. The number of hydrogen-bond donors (Lipinski definition) is 2. The maximum atomic E-state index is 11.7. The van der Waals surface area contributed by atoms with Gasteiger partial charge in [0.05, 0.1) is 11.8 Å². The molecule has 0 radical (unpaired) electrons. The fourth-order valence-corrected chi connectivity index (χ4v) is 5.93. The van der Waals surface area contributed by atoms with Gasteiger partial charge in [0.15, 0.2) is 11.0 Å². The van der Waals surface area contributed by atoms with E-state index in [0.29, 0.717) is 30.3 Å². The summed E-state index contributed by atoms with van der Waals surface area (Å²) in [7, 11) is 0. The number of amides is 1. The van der Waals surface area contributed by atoms with Crippen LogP contribution in [0.25, 0.3) is 22.0 Å². The Morgan fingerprint density at radius 1 is 1.30 bits per heavy atom. The number of anilines is 1. The van der Waals surface area contributed by atoms with Crippen molar-refractivity contribution in [3.8, 4) is 0 Å². The van der Waals surface area contributed by atoms with E-state index in [1.165, 1.54) is 0 Å². The van der Waals surface area contributed by atoms with Gasteiger partial charge in [0.25, 0.3) is 0 Å². The number of nitrogens with zero attached hydrogens (tertiary/aromatic N) is 4. The maximum Gasteiger partial charge on any atom is 0.248 e. The minimum absolute atomic E-state index is 0.185. The second-order valence-corrected chi connectivity index (χ2v) is 10.1. The molecule has 8 nitrogen and oxygen atoms in total. The Labute approximate surface area is 203 Å². The first-order chi connectivity index (χ1) is 16.0. The zero-order valence-electron chi connectivity index (χ0n) is 17.9. The third-order valence-electron chi connectivity index (χ3n) is 6.23. The molecule has 1 fully saturated rings. The third kappa shape index (κ3) is 4.47. The normalized spacial score (nSPS) is 15.0. The molecular formula is C23H24BrN5O3S. The van der Waals surface area contributed by atoms with Crippen LogP contribution in [0.3, 0.4) is 0 Å². The van der Waals surface area contributed by atoms with Gasteiger partial charge in [-0.1, -0.05) is 11.8 Å². The van der Waals surface area contributed by atoms with E-state index in [2.05, 4.69) is 25.5 Å². The molecule has 0 spiro atoms. The van der Waals surface area contributed by atoms with Crippen LogP contribution >= 0.6 is 27.7 Å². The number of aliphatic hydroxyl groups excluding tert-OH is 1. The average Bonchev–Trinajstić information content (AvgIpc) is 3.42. The molecule has 1 saturated heterocycles. The Bertz CT molecular complexity index is 1310. The fourth-order valence-electron chi connectivity index (χ4n) is 4.37. The third-order valence-corrected chi connectivity index (χ3v) is 8.20. The number of furan rings is 1. The number of hydrogen-bond acceptors (Lipinski definition) is 7. The van der Waals surface area contributed by atoms with Crippen LogP contribution in [-0.4, -0.2) is 50.1 Å². The standard InChI is InChI=1S/C23H24BrN5O3S/c24-16-11-15-5-10-32-18(15)12-19(16)33-23-27-21-17(1-6-26-22(21)25)29(23)9-4-14-2-7-28(8-3-14)20(31)13-30/h1,5-6,10-12,14,30H,2-4,7-9,13H2,(H2,25,26). The number of fused-ring (bicyclic) bond motifs is 2. The van der Waals surface area contributed by atoms with Crippen LogP contribution in [0.4, 0.5) is 5.82 Å². The monoisotopic (exact) mass is 529 g/mol. The van der Waals surface area contributed by atoms with Crippen LogP contribution < -0.4 is 5.73 Å². The first-order valence-electron chi connectivity index (χ1n) is 10.9. The predicted molar refractivity (Wildman–Crippen MR) is 131 cm³/mol. The van der Waals surface area contributed by atoms with Gasteiger partial charge in [-0.25, -0.2) is 9.97 Å². The second kappa shape index (κ2) is 9.36. The van der Waals surface area contributed by atoms with E-state index in [9.17, 15) is 4.79 Å². The number of nitrogens with two attached hydrogens (primary N) is 1. The molecule has 1 aliphatic heterocycles. The van der Waals surface area contributed by atoms with Gasteiger partial charge < -0.3 is 24.7 Å². The molecule has 1 aliphatic rings. The lowest BCUT2D eigenvalue weighted by atomic mass is 9.93. The first kappa shape index (κ1) is 22.2. The van der Waals surface area contributed by atoms with Gasteiger partial charge in [0, 0.05) is 40.6 Å². The molecule has 3 N–H and O–H groups in total. The van der Waals surface area contributed by atoms with Crippen molar-refractivity contribution in [3.63, 3.8) is 0 Å². The highest BCUT2D eigenvalue weighted by molar-refractivity contribution is 9.10. The number of piperidine rings is 1. The summed E-state index contributed by atoms with van der Waals surface area (Å²) in [6.45, 7) is 1.77. The Hall–Kier alpha value is -2.56. The molecule has 0 unspecified atom stereocenters. The van der Waals surface area contributed by atoms with Gasteiger partial charge in [0.1, 0.15) is 17.7 Å². The number of benzene rings is 1. The van der Waals surface area contributed by atoms with Crippen molar-refractivity contribution in [2.45, 2.75) is 35.9 Å². The minimum atomic E-state index is -0.416. The molecule has 1 amide bonds. The zero-order valence-corrected chi connectivity index (χ0v) is 20.3. The number of carbonyl (C=O) groups excluding carboxylic acids is 1. The van der Waals surface area contributed by atoms with E-state index in [1.807, 2.05) is 24.3 Å². The zero-order chi connectivity index (χ0) is 22.9. The highest BCUT2D eigenvalue weighted by Gasteiger charge is 2.23. The summed E-state index contributed by atoms with van der Waals surface area (Å²) < 4.78 is 8.77. The van der Waals surface area contributed by atoms with Gasteiger partial charge in [-0.2, -0.15) is 0 Å². The number of pyridine rings is 1. The highest BCUT2D eigenvalue weighted by Crippen LogP contribution is 2.38. The maximum absolute atomic E-state index is 11.7. The summed E-state index contributed by atoms with van der Waals surface area (Å²) in [4.78, 5) is 23.5. The minimum Gasteiger partial charge on any atom is -0.464 e. The lowest BCUT2D eigenvalue weighted by Crippen LogP contribution is -2.40. The van der Waals surface area contributed by atoms with Crippen LogP contribution in [0.2, 0.25) is 0 Å². The molecular weight excluding hydrogens is 506 g/mol.